The van der Waals surface area contributed by atoms with Crippen LogP contribution in [0.15, 0.2) is 89.9 Å². The third-order valence-electron chi connectivity index (χ3n) is 4.66. The fourth-order valence-electron chi connectivity index (χ4n) is 3.20. The lowest BCUT2D eigenvalue weighted by Gasteiger charge is -2.12. The maximum atomic E-state index is 12.8. The Morgan fingerprint density at radius 1 is 0.897 bits per heavy atom. The minimum absolute atomic E-state index is 0.121. The Labute approximate surface area is 168 Å². The molecule has 144 valence electrons. The predicted molar refractivity (Wildman–Crippen MR) is 115 cm³/mol. The van der Waals surface area contributed by atoms with Crippen LogP contribution in [0.25, 0.3) is 10.9 Å². The third-order valence-corrected chi connectivity index (χ3v) is 4.66. The zero-order valence-corrected chi connectivity index (χ0v) is 16.0. The van der Waals surface area contributed by atoms with Crippen molar-refractivity contribution in [2.75, 3.05) is 5.32 Å². The molecule has 0 saturated heterocycles. The number of benzene rings is 3. The second-order valence-corrected chi connectivity index (χ2v) is 6.57. The van der Waals surface area contributed by atoms with Crippen molar-refractivity contribution in [2.24, 2.45) is 0 Å². The number of nitrogens with zero attached hydrogens (tertiary/aromatic N) is 1. The quantitative estimate of drug-likeness (QED) is 0.523. The van der Waals surface area contributed by atoms with Crippen LogP contribution in [0.3, 0.4) is 0 Å². The minimum atomic E-state index is -0.431. The van der Waals surface area contributed by atoms with Crippen LogP contribution in [0.5, 0.6) is 11.5 Å². The zero-order valence-electron chi connectivity index (χ0n) is 16.0. The Morgan fingerprint density at radius 2 is 1.55 bits per heavy atom. The van der Waals surface area contributed by atoms with Gasteiger partial charge in [-0.05, 0) is 55.5 Å². The first-order valence-electron chi connectivity index (χ1n) is 9.42. The monoisotopic (exact) mass is 384 g/mol. The highest BCUT2D eigenvalue weighted by molar-refractivity contribution is 6.05. The van der Waals surface area contributed by atoms with Crippen LogP contribution >= 0.6 is 0 Å². The third kappa shape index (κ3) is 3.89. The molecule has 0 unspecified atom stereocenters. The van der Waals surface area contributed by atoms with Crippen LogP contribution in [0.4, 0.5) is 5.69 Å². The molecule has 0 spiro atoms. The molecule has 5 heteroatoms. The molecule has 0 saturated carbocycles. The molecule has 0 bridgehead atoms. The summed E-state index contributed by atoms with van der Waals surface area (Å²) in [6.45, 7) is 2.64. The number of anilines is 1. The lowest BCUT2D eigenvalue weighted by molar-refractivity contribution is 0.102. The summed E-state index contributed by atoms with van der Waals surface area (Å²) < 4.78 is 7.66. The van der Waals surface area contributed by atoms with Gasteiger partial charge in [0.2, 0.25) is 5.43 Å². The molecule has 4 rings (SSSR count). The summed E-state index contributed by atoms with van der Waals surface area (Å²) in [5.41, 5.74) is 1.26. The lowest BCUT2D eigenvalue weighted by Crippen LogP contribution is -2.23. The van der Waals surface area contributed by atoms with Crippen LogP contribution in [-0.4, -0.2) is 10.5 Å². The Balaban J connectivity index is 1.57. The molecule has 5 nitrogen and oxygen atoms in total. The molecule has 0 aliphatic rings. The molecular formula is C24H20N2O3. The first kappa shape index (κ1) is 18.5. The summed E-state index contributed by atoms with van der Waals surface area (Å²) in [6, 6.07) is 23.8. The van der Waals surface area contributed by atoms with E-state index >= 15 is 0 Å². The van der Waals surface area contributed by atoms with Gasteiger partial charge in [-0.25, -0.2) is 0 Å². The number of ether oxygens (including phenoxy) is 1. The number of nitrogens with one attached hydrogen (secondary N) is 1. The summed E-state index contributed by atoms with van der Waals surface area (Å²) in [4.78, 5) is 25.6. The maximum absolute atomic E-state index is 12.8. The number of carbonyl (C=O) groups excluding carboxylic acids is 1. The number of carbonyl (C=O) groups is 1. The van der Waals surface area contributed by atoms with E-state index < -0.39 is 5.91 Å². The molecule has 1 aromatic heterocycles. The number of aryl methyl sites for hydroxylation is 1. The summed E-state index contributed by atoms with van der Waals surface area (Å²) in [6.07, 6.45) is 1.62. The van der Waals surface area contributed by atoms with Gasteiger partial charge in [0.1, 0.15) is 17.1 Å². The highest BCUT2D eigenvalue weighted by Crippen LogP contribution is 2.23. The molecule has 1 heterocycles. The van der Waals surface area contributed by atoms with Gasteiger partial charge in [0, 0.05) is 23.8 Å². The molecule has 0 atom stereocenters. The normalized spacial score (nSPS) is 10.7. The smallest absolute Gasteiger partial charge is 0.261 e. The van der Waals surface area contributed by atoms with Gasteiger partial charge in [0.05, 0.1) is 5.52 Å². The molecule has 0 radical (unpaired) electrons. The molecule has 0 aliphatic heterocycles. The predicted octanol–water partition coefficient (Wildman–Crippen LogP) is 5.07. The van der Waals surface area contributed by atoms with E-state index in [1.807, 2.05) is 54.0 Å². The number of hydrogen-bond acceptors (Lipinski definition) is 3. The number of aromatic nitrogens is 1. The first-order chi connectivity index (χ1) is 14.2. The second-order valence-electron chi connectivity index (χ2n) is 6.57. The molecular weight excluding hydrogens is 364 g/mol. The Hall–Kier alpha value is -3.86. The highest BCUT2D eigenvalue weighted by atomic mass is 16.5. The van der Waals surface area contributed by atoms with Crippen molar-refractivity contribution in [3.05, 3.63) is 101 Å². The molecule has 3 aromatic carbocycles. The topological polar surface area (TPSA) is 60.3 Å². The van der Waals surface area contributed by atoms with Crippen LogP contribution in [0, 0.1) is 0 Å². The van der Waals surface area contributed by atoms with E-state index in [2.05, 4.69) is 5.32 Å². The Morgan fingerprint density at radius 3 is 2.28 bits per heavy atom. The van der Waals surface area contributed by atoms with Gasteiger partial charge in [-0.15, -0.1) is 0 Å². The molecule has 0 fully saturated rings. The van der Waals surface area contributed by atoms with E-state index in [4.69, 9.17) is 4.74 Å². The van der Waals surface area contributed by atoms with Gasteiger partial charge in [-0.1, -0.05) is 30.3 Å². The second kappa shape index (κ2) is 8.02. The van der Waals surface area contributed by atoms with E-state index in [1.165, 1.54) is 0 Å². The number of pyridine rings is 1. The molecule has 1 N–H and O–H groups in total. The molecule has 4 aromatic rings. The van der Waals surface area contributed by atoms with Crippen molar-refractivity contribution in [1.29, 1.82) is 0 Å². The van der Waals surface area contributed by atoms with Crippen LogP contribution < -0.4 is 15.5 Å². The molecule has 0 aliphatic carbocycles. The van der Waals surface area contributed by atoms with Crippen molar-refractivity contribution < 1.29 is 9.53 Å². The fraction of sp³-hybridized carbons (Fsp3) is 0.0833. The van der Waals surface area contributed by atoms with Crippen molar-refractivity contribution >= 4 is 22.5 Å². The van der Waals surface area contributed by atoms with E-state index in [-0.39, 0.29) is 11.0 Å². The SMILES string of the molecule is CCn1cc(C(=O)Nc2ccc(Oc3ccccc3)cc2)c(=O)c2ccccc21. The molecule has 29 heavy (non-hydrogen) atoms. The van der Waals surface area contributed by atoms with Crippen LogP contribution in [-0.2, 0) is 6.54 Å². The average Bonchev–Trinajstić information content (AvgIpc) is 2.76. The van der Waals surface area contributed by atoms with Gasteiger partial charge in [0.15, 0.2) is 0 Å². The number of fused-ring (bicyclic) bond motifs is 1. The summed E-state index contributed by atoms with van der Waals surface area (Å²) >= 11 is 0. The summed E-state index contributed by atoms with van der Waals surface area (Å²) in [5, 5.41) is 3.33. The summed E-state index contributed by atoms with van der Waals surface area (Å²) in [7, 11) is 0. The van der Waals surface area contributed by atoms with Gasteiger partial charge in [0.25, 0.3) is 5.91 Å². The fourth-order valence-corrected chi connectivity index (χ4v) is 3.20. The standard InChI is InChI=1S/C24H20N2O3/c1-2-26-16-21(23(27)20-10-6-7-11-22(20)26)24(28)25-17-12-14-19(15-13-17)29-18-8-4-3-5-9-18/h3-16H,2H2,1H3,(H,25,28). The lowest BCUT2D eigenvalue weighted by atomic mass is 10.1. The van der Waals surface area contributed by atoms with Crippen LogP contribution in [0.1, 0.15) is 17.3 Å². The highest BCUT2D eigenvalue weighted by Gasteiger charge is 2.15. The number of rotatable bonds is 5. The number of amides is 1. The van der Waals surface area contributed by atoms with E-state index in [0.717, 1.165) is 11.3 Å². The van der Waals surface area contributed by atoms with Crippen molar-refractivity contribution in [3.8, 4) is 11.5 Å². The van der Waals surface area contributed by atoms with Crippen LogP contribution in [0.2, 0.25) is 0 Å². The summed E-state index contributed by atoms with van der Waals surface area (Å²) in [5.74, 6) is 0.966. The van der Waals surface area contributed by atoms with Crippen molar-refractivity contribution in [2.45, 2.75) is 13.5 Å². The number of para-hydroxylation sites is 2. The Bertz CT molecular complexity index is 1210. The van der Waals surface area contributed by atoms with Gasteiger partial charge >= 0.3 is 0 Å². The number of hydrogen-bond donors (Lipinski definition) is 1. The van der Waals surface area contributed by atoms with E-state index in [0.29, 0.717) is 23.4 Å². The average molecular weight is 384 g/mol. The van der Waals surface area contributed by atoms with Gasteiger partial charge < -0.3 is 14.6 Å². The maximum Gasteiger partial charge on any atom is 0.261 e. The van der Waals surface area contributed by atoms with E-state index in [1.54, 1.807) is 42.6 Å². The van der Waals surface area contributed by atoms with E-state index in [9.17, 15) is 9.59 Å². The Kier molecular flexibility index (Phi) is 5.12. The molecule has 1 amide bonds. The van der Waals surface area contributed by atoms with Gasteiger partial charge in [-0.2, -0.15) is 0 Å². The zero-order chi connectivity index (χ0) is 20.2. The van der Waals surface area contributed by atoms with Crippen molar-refractivity contribution in [3.63, 3.8) is 0 Å². The largest absolute Gasteiger partial charge is 0.457 e. The first-order valence-corrected chi connectivity index (χ1v) is 9.42. The minimum Gasteiger partial charge on any atom is -0.457 e. The van der Waals surface area contributed by atoms with Gasteiger partial charge in [-0.3, -0.25) is 9.59 Å². The van der Waals surface area contributed by atoms with Crippen molar-refractivity contribution in [1.82, 2.24) is 4.57 Å².